The van der Waals surface area contributed by atoms with Crippen molar-refractivity contribution in [1.82, 2.24) is 5.32 Å². The van der Waals surface area contributed by atoms with Gasteiger partial charge < -0.3 is 15.4 Å². The third kappa shape index (κ3) is 3.06. The molecule has 1 aliphatic carbocycles. The van der Waals surface area contributed by atoms with Crippen molar-refractivity contribution in [2.24, 2.45) is 0 Å². The van der Waals surface area contributed by atoms with E-state index in [4.69, 9.17) is 4.74 Å². The van der Waals surface area contributed by atoms with E-state index < -0.39 is 0 Å². The highest BCUT2D eigenvalue weighted by Crippen LogP contribution is 2.33. The third-order valence-corrected chi connectivity index (χ3v) is 5.37. The molecule has 118 valence electrons. The highest BCUT2D eigenvalue weighted by atomic mass is 32.2. The van der Waals surface area contributed by atoms with Crippen LogP contribution >= 0.6 is 11.8 Å². The van der Waals surface area contributed by atoms with Gasteiger partial charge in [0.1, 0.15) is 5.75 Å². The van der Waals surface area contributed by atoms with E-state index >= 15 is 0 Å². The van der Waals surface area contributed by atoms with Crippen LogP contribution in [0.2, 0.25) is 0 Å². The number of amides is 2. The van der Waals surface area contributed by atoms with Crippen LogP contribution in [0.15, 0.2) is 18.2 Å². The predicted octanol–water partition coefficient (Wildman–Crippen LogP) is 2.42. The zero-order valence-electron chi connectivity index (χ0n) is 12.6. The molecule has 5 nitrogen and oxygen atoms in total. The summed E-state index contributed by atoms with van der Waals surface area (Å²) in [6.45, 7) is 2.14. The number of hydrogen-bond acceptors (Lipinski definition) is 4. The largest absolute Gasteiger partial charge is 0.482 e. The molecular weight excluding hydrogens is 300 g/mol. The van der Waals surface area contributed by atoms with E-state index in [0.717, 1.165) is 25.0 Å². The fraction of sp³-hybridized carbons (Fsp3) is 0.500. The van der Waals surface area contributed by atoms with Gasteiger partial charge in [0.15, 0.2) is 6.61 Å². The minimum atomic E-state index is -0.229. The first-order valence-corrected chi connectivity index (χ1v) is 8.72. The summed E-state index contributed by atoms with van der Waals surface area (Å²) in [6, 6.07) is 5.46. The number of anilines is 1. The van der Waals surface area contributed by atoms with Crippen molar-refractivity contribution in [2.75, 3.05) is 17.7 Å². The first-order valence-electron chi connectivity index (χ1n) is 7.67. The van der Waals surface area contributed by atoms with E-state index in [1.165, 1.54) is 0 Å². The van der Waals surface area contributed by atoms with Gasteiger partial charge in [0, 0.05) is 11.3 Å². The molecule has 0 saturated heterocycles. The van der Waals surface area contributed by atoms with E-state index in [1.807, 2.05) is 11.8 Å². The quantitative estimate of drug-likeness (QED) is 0.894. The van der Waals surface area contributed by atoms with Crippen molar-refractivity contribution >= 4 is 29.3 Å². The van der Waals surface area contributed by atoms with Crippen LogP contribution < -0.4 is 15.4 Å². The van der Waals surface area contributed by atoms with E-state index in [9.17, 15) is 9.59 Å². The van der Waals surface area contributed by atoms with E-state index in [-0.39, 0.29) is 24.5 Å². The van der Waals surface area contributed by atoms with Crippen molar-refractivity contribution in [3.8, 4) is 5.75 Å². The van der Waals surface area contributed by atoms with Gasteiger partial charge in [0.25, 0.3) is 11.8 Å². The van der Waals surface area contributed by atoms with Crippen molar-refractivity contribution in [3.63, 3.8) is 0 Å². The Morgan fingerprint density at radius 2 is 2.32 bits per heavy atom. The average Bonchev–Trinajstić information content (AvgIpc) is 2.94. The Morgan fingerprint density at radius 1 is 1.45 bits per heavy atom. The average molecular weight is 320 g/mol. The Labute approximate surface area is 134 Å². The Hall–Kier alpha value is -1.69. The molecule has 6 heteroatoms. The highest BCUT2D eigenvalue weighted by Gasteiger charge is 2.30. The lowest BCUT2D eigenvalue weighted by Crippen LogP contribution is -2.39. The van der Waals surface area contributed by atoms with Crippen LogP contribution in [0, 0.1) is 0 Å². The van der Waals surface area contributed by atoms with Crippen LogP contribution in [0.3, 0.4) is 0 Å². The smallest absolute Gasteiger partial charge is 0.262 e. The van der Waals surface area contributed by atoms with Crippen molar-refractivity contribution < 1.29 is 14.3 Å². The van der Waals surface area contributed by atoms with Gasteiger partial charge in [-0.25, -0.2) is 0 Å². The van der Waals surface area contributed by atoms with Crippen LogP contribution in [0.1, 0.15) is 36.5 Å². The lowest BCUT2D eigenvalue weighted by molar-refractivity contribution is -0.118. The number of benzene rings is 1. The summed E-state index contributed by atoms with van der Waals surface area (Å²) < 4.78 is 5.36. The molecule has 22 heavy (non-hydrogen) atoms. The molecule has 1 aliphatic heterocycles. The summed E-state index contributed by atoms with van der Waals surface area (Å²) in [6.07, 6.45) is 3.31. The fourth-order valence-corrected chi connectivity index (χ4v) is 4.24. The van der Waals surface area contributed by atoms with Crippen LogP contribution in [-0.4, -0.2) is 35.5 Å². The van der Waals surface area contributed by atoms with Gasteiger partial charge >= 0.3 is 0 Å². The lowest BCUT2D eigenvalue weighted by atomic mass is 10.1. The van der Waals surface area contributed by atoms with Crippen molar-refractivity contribution in [2.45, 2.75) is 37.5 Å². The first-order chi connectivity index (χ1) is 10.7. The van der Waals surface area contributed by atoms with Gasteiger partial charge in [0.05, 0.1) is 11.3 Å². The molecule has 0 aromatic heterocycles. The van der Waals surface area contributed by atoms with Crippen LogP contribution in [-0.2, 0) is 4.79 Å². The fourth-order valence-electron chi connectivity index (χ4n) is 3.04. The number of ether oxygens (including phenoxy) is 1. The standard InChI is InChI=1S/C16H20N2O3S/c1-2-22-13-8-4-6-11(13)17-16(20)10-5-3-7-12-15(10)18-14(19)9-21-12/h3,5,7,11,13H,2,4,6,8-9H2,1H3,(H,17,20)(H,18,19). The summed E-state index contributed by atoms with van der Waals surface area (Å²) in [5.41, 5.74) is 0.951. The van der Waals surface area contributed by atoms with Gasteiger partial charge in [-0.15, -0.1) is 0 Å². The highest BCUT2D eigenvalue weighted by molar-refractivity contribution is 7.99. The zero-order chi connectivity index (χ0) is 15.5. The molecule has 3 rings (SSSR count). The molecule has 2 N–H and O–H groups in total. The van der Waals surface area contributed by atoms with Gasteiger partial charge in [0.2, 0.25) is 0 Å². The number of hydrogen-bond donors (Lipinski definition) is 2. The van der Waals surface area contributed by atoms with Crippen molar-refractivity contribution in [1.29, 1.82) is 0 Å². The van der Waals surface area contributed by atoms with E-state index in [0.29, 0.717) is 22.3 Å². The summed E-state index contributed by atoms with van der Waals surface area (Å²) in [4.78, 5) is 24.1. The molecule has 2 aliphatic rings. The molecule has 0 bridgehead atoms. The molecule has 2 atom stereocenters. The Balaban J connectivity index is 1.77. The Bertz CT molecular complexity index is 591. The minimum Gasteiger partial charge on any atom is -0.482 e. The molecule has 0 radical (unpaired) electrons. The number of carbonyl (C=O) groups excluding carboxylic acids is 2. The second-order valence-electron chi connectivity index (χ2n) is 5.52. The SMILES string of the molecule is CCSC1CCCC1NC(=O)c1cccc2c1NC(=O)CO2. The second kappa shape index (κ2) is 6.60. The van der Waals surface area contributed by atoms with Gasteiger partial charge in [-0.1, -0.05) is 19.4 Å². The monoisotopic (exact) mass is 320 g/mol. The number of para-hydroxylation sites is 1. The van der Waals surface area contributed by atoms with Gasteiger partial charge in [-0.05, 0) is 30.7 Å². The summed E-state index contributed by atoms with van der Waals surface area (Å²) >= 11 is 1.90. The summed E-state index contributed by atoms with van der Waals surface area (Å²) in [5, 5.41) is 6.35. The topological polar surface area (TPSA) is 67.4 Å². The number of rotatable bonds is 4. The van der Waals surface area contributed by atoms with Gasteiger partial charge in [-0.3, -0.25) is 9.59 Å². The maximum atomic E-state index is 12.6. The number of nitrogens with one attached hydrogen (secondary N) is 2. The molecule has 1 heterocycles. The van der Waals surface area contributed by atoms with Crippen LogP contribution in [0.5, 0.6) is 5.75 Å². The van der Waals surface area contributed by atoms with Gasteiger partial charge in [-0.2, -0.15) is 11.8 Å². The maximum Gasteiger partial charge on any atom is 0.262 e. The molecule has 0 spiro atoms. The molecule has 1 aromatic rings. The molecule has 2 unspecified atom stereocenters. The Kier molecular flexibility index (Phi) is 4.57. The van der Waals surface area contributed by atoms with E-state index in [2.05, 4.69) is 17.6 Å². The Morgan fingerprint density at radius 3 is 3.14 bits per heavy atom. The number of thioether (sulfide) groups is 1. The number of fused-ring (bicyclic) bond motifs is 1. The summed E-state index contributed by atoms with van der Waals surface area (Å²) in [5.74, 6) is 1.24. The number of carbonyl (C=O) groups is 2. The minimum absolute atomic E-state index is 0.00406. The second-order valence-corrected chi connectivity index (χ2v) is 7.04. The van der Waals surface area contributed by atoms with Crippen LogP contribution in [0.25, 0.3) is 0 Å². The van der Waals surface area contributed by atoms with Crippen LogP contribution in [0.4, 0.5) is 5.69 Å². The summed E-state index contributed by atoms with van der Waals surface area (Å²) in [7, 11) is 0. The maximum absolute atomic E-state index is 12.6. The predicted molar refractivity (Wildman–Crippen MR) is 87.6 cm³/mol. The zero-order valence-corrected chi connectivity index (χ0v) is 13.4. The first kappa shape index (κ1) is 15.2. The normalized spacial score (nSPS) is 23.4. The van der Waals surface area contributed by atoms with Crippen molar-refractivity contribution in [3.05, 3.63) is 23.8 Å². The molecule has 1 saturated carbocycles. The molecular formula is C16H20N2O3S. The lowest BCUT2D eigenvalue weighted by Gasteiger charge is -2.23. The molecule has 1 aromatic carbocycles. The third-order valence-electron chi connectivity index (χ3n) is 4.04. The molecule has 2 amide bonds. The van der Waals surface area contributed by atoms with E-state index in [1.54, 1.807) is 18.2 Å². The molecule has 1 fully saturated rings.